The molecule has 0 heterocycles. The van der Waals surface area contributed by atoms with Gasteiger partial charge in [0.15, 0.2) is 0 Å². The molecule has 0 aromatic heterocycles. The second kappa shape index (κ2) is 5.49. The molecule has 1 fully saturated rings. The number of nitrogens with one attached hydrogen (secondary N) is 1. The standard InChI is InChI=1S/C9H14F3NO3/c1-15-7-4-2-3-6(5-7)13-16-8(14)9(10,11)12/h6-7,13H,2-5H2,1H3/t6-,7+/m1/s1. The van der Waals surface area contributed by atoms with Gasteiger partial charge in [-0.25, -0.2) is 4.79 Å². The summed E-state index contributed by atoms with van der Waals surface area (Å²) in [7, 11) is 1.55. The summed E-state index contributed by atoms with van der Waals surface area (Å²) in [4.78, 5) is 14.4. The predicted molar refractivity (Wildman–Crippen MR) is 48.3 cm³/mol. The summed E-state index contributed by atoms with van der Waals surface area (Å²) in [6.07, 6.45) is -2.02. The van der Waals surface area contributed by atoms with Gasteiger partial charge >= 0.3 is 12.1 Å². The maximum absolute atomic E-state index is 11.8. The first kappa shape index (κ1) is 13.2. The lowest BCUT2D eigenvalue weighted by atomic mass is 9.93. The molecular weight excluding hydrogens is 227 g/mol. The third-order valence-corrected chi connectivity index (χ3v) is 2.51. The normalized spacial score (nSPS) is 26.5. The average molecular weight is 241 g/mol. The molecule has 0 aromatic rings. The van der Waals surface area contributed by atoms with E-state index in [4.69, 9.17) is 4.74 Å². The number of hydrogen-bond acceptors (Lipinski definition) is 4. The SMILES string of the molecule is CO[C@H]1CCC[C@@H](NOC(=O)C(F)(F)F)C1. The van der Waals surface area contributed by atoms with Crippen LogP contribution in [0.1, 0.15) is 25.7 Å². The molecule has 0 spiro atoms. The summed E-state index contributed by atoms with van der Waals surface area (Å²) in [6, 6.07) is -0.273. The van der Waals surface area contributed by atoms with E-state index in [2.05, 4.69) is 10.3 Å². The Bertz CT molecular complexity index is 245. The van der Waals surface area contributed by atoms with Crippen LogP contribution in [0, 0.1) is 0 Å². The number of hydroxylamine groups is 1. The molecule has 1 aliphatic rings. The van der Waals surface area contributed by atoms with Crippen molar-refractivity contribution in [2.45, 2.75) is 44.0 Å². The average Bonchev–Trinajstić information content (AvgIpc) is 2.25. The molecule has 94 valence electrons. The van der Waals surface area contributed by atoms with Gasteiger partial charge in [-0.3, -0.25) is 0 Å². The van der Waals surface area contributed by atoms with Gasteiger partial charge in [-0.2, -0.15) is 13.2 Å². The van der Waals surface area contributed by atoms with Gasteiger partial charge < -0.3 is 9.57 Å². The van der Waals surface area contributed by atoms with Crippen LogP contribution in [0.15, 0.2) is 0 Å². The molecule has 0 bridgehead atoms. The highest BCUT2D eigenvalue weighted by Crippen LogP contribution is 2.21. The van der Waals surface area contributed by atoms with Crippen LogP contribution in [0.4, 0.5) is 13.2 Å². The van der Waals surface area contributed by atoms with Crippen LogP contribution in [-0.2, 0) is 14.4 Å². The van der Waals surface area contributed by atoms with E-state index >= 15 is 0 Å². The molecular formula is C9H14F3NO3. The summed E-state index contributed by atoms with van der Waals surface area (Å²) < 4.78 is 40.5. The van der Waals surface area contributed by atoms with Gasteiger partial charge in [0.2, 0.25) is 0 Å². The highest BCUT2D eigenvalue weighted by molar-refractivity contribution is 5.75. The van der Waals surface area contributed by atoms with E-state index in [9.17, 15) is 18.0 Å². The zero-order valence-electron chi connectivity index (χ0n) is 8.84. The van der Waals surface area contributed by atoms with Gasteiger partial charge in [-0.15, -0.1) is 5.48 Å². The van der Waals surface area contributed by atoms with E-state index in [1.54, 1.807) is 7.11 Å². The third kappa shape index (κ3) is 3.97. The number of carbonyl (C=O) groups is 1. The van der Waals surface area contributed by atoms with Gasteiger partial charge in [0, 0.05) is 13.2 Å². The molecule has 1 saturated carbocycles. The Hall–Kier alpha value is -0.820. The molecule has 2 atom stereocenters. The van der Waals surface area contributed by atoms with Crippen LogP contribution in [0.25, 0.3) is 0 Å². The van der Waals surface area contributed by atoms with Crippen molar-refractivity contribution in [1.82, 2.24) is 5.48 Å². The number of ether oxygens (including phenoxy) is 1. The van der Waals surface area contributed by atoms with Crippen LogP contribution < -0.4 is 5.48 Å². The molecule has 1 N–H and O–H groups in total. The van der Waals surface area contributed by atoms with Crippen molar-refractivity contribution >= 4 is 5.97 Å². The van der Waals surface area contributed by atoms with Crippen LogP contribution >= 0.6 is 0 Å². The van der Waals surface area contributed by atoms with Gasteiger partial charge in [0.05, 0.1) is 6.10 Å². The minimum Gasteiger partial charge on any atom is -0.381 e. The second-order valence-electron chi connectivity index (χ2n) is 3.73. The van der Waals surface area contributed by atoms with E-state index in [0.717, 1.165) is 12.8 Å². The Morgan fingerprint density at radius 3 is 2.62 bits per heavy atom. The van der Waals surface area contributed by atoms with Crippen LogP contribution in [0.2, 0.25) is 0 Å². The summed E-state index contributed by atoms with van der Waals surface area (Å²) in [6.45, 7) is 0. The highest BCUT2D eigenvalue weighted by Gasteiger charge is 2.42. The van der Waals surface area contributed by atoms with Crippen LogP contribution in [0.5, 0.6) is 0 Å². The van der Waals surface area contributed by atoms with E-state index in [1.165, 1.54) is 0 Å². The van der Waals surface area contributed by atoms with Crippen molar-refractivity contribution in [1.29, 1.82) is 0 Å². The Labute approximate surface area is 91.0 Å². The monoisotopic (exact) mass is 241 g/mol. The fourth-order valence-corrected chi connectivity index (χ4v) is 1.66. The van der Waals surface area contributed by atoms with Gasteiger partial charge in [-0.05, 0) is 25.7 Å². The fraction of sp³-hybridized carbons (Fsp3) is 0.889. The number of hydrogen-bond donors (Lipinski definition) is 1. The van der Waals surface area contributed by atoms with Gasteiger partial charge in [0.1, 0.15) is 0 Å². The van der Waals surface area contributed by atoms with E-state index in [1.807, 2.05) is 0 Å². The first-order chi connectivity index (χ1) is 7.43. The lowest BCUT2D eigenvalue weighted by Crippen LogP contribution is -2.40. The molecule has 0 amide bonds. The minimum atomic E-state index is -4.96. The molecule has 1 aliphatic carbocycles. The third-order valence-electron chi connectivity index (χ3n) is 2.51. The van der Waals surface area contributed by atoms with Gasteiger partial charge in [-0.1, -0.05) is 0 Å². The Morgan fingerprint density at radius 1 is 1.38 bits per heavy atom. The number of carbonyl (C=O) groups excluding carboxylic acids is 1. The lowest BCUT2D eigenvalue weighted by molar-refractivity contribution is -0.209. The Kier molecular flexibility index (Phi) is 4.55. The minimum absolute atomic E-state index is 0.0100. The Balaban J connectivity index is 2.30. The van der Waals surface area contributed by atoms with Crippen molar-refractivity contribution in [2.75, 3.05) is 7.11 Å². The summed E-state index contributed by atoms with van der Waals surface area (Å²) >= 11 is 0. The number of methoxy groups -OCH3 is 1. The Morgan fingerprint density at radius 2 is 2.06 bits per heavy atom. The molecule has 4 nitrogen and oxygen atoms in total. The highest BCUT2D eigenvalue weighted by atomic mass is 19.4. The van der Waals surface area contributed by atoms with Crippen LogP contribution in [0.3, 0.4) is 0 Å². The zero-order valence-corrected chi connectivity index (χ0v) is 8.84. The van der Waals surface area contributed by atoms with E-state index in [-0.39, 0.29) is 12.1 Å². The molecule has 1 rings (SSSR count). The van der Waals surface area contributed by atoms with Crippen molar-refractivity contribution in [3.05, 3.63) is 0 Å². The largest absolute Gasteiger partial charge is 0.492 e. The smallest absolute Gasteiger partial charge is 0.381 e. The first-order valence-corrected chi connectivity index (χ1v) is 4.99. The van der Waals surface area contributed by atoms with Gasteiger partial charge in [0.25, 0.3) is 0 Å². The predicted octanol–water partition coefficient (Wildman–Crippen LogP) is 1.55. The maximum atomic E-state index is 11.8. The van der Waals surface area contributed by atoms with Crippen molar-refractivity contribution in [3.8, 4) is 0 Å². The van der Waals surface area contributed by atoms with Crippen LogP contribution in [-0.4, -0.2) is 31.4 Å². The fourth-order valence-electron chi connectivity index (χ4n) is 1.66. The zero-order chi connectivity index (χ0) is 12.2. The molecule has 0 radical (unpaired) electrons. The maximum Gasteiger partial charge on any atom is 0.492 e. The second-order valence-corrected chi connectivity index (χ2v) is 3.73. The summed E-state index contributed by atoms with van der Waals surface area (Å²) in [5.41, 5.74) is 2.14. The van der Waals surface area contributed by atoms with Crippen molar-refractivity contribution in [3.63, 3.8) is 0 Å². The molecule has 0 aromatic carbocycles. The van der Waals surface area contributed by atoms with Crippen molar-refractivity contribution < 1.29 is 27.5 Å². The number of rotatable bonds is 3. The van der Waals surface area contributed by atoms with Crippen molar-refractivity contribution in [2.24, 2.45) is 0 Å². The molecule has 0 unspecified atom stereocenters. The molecule has 16 heavy (non-hydrogen) atoms. The number of alkyl halides is 3. The summed E-state index contributed by atoms with van der Waals surface area (Å²) in [5, 5.41) is 0. The topological polar surface area (TPSA) is 47.6 Å². The first-order valence-electron chi connectivity index (χ1n) is 4.99. The summed E-state index contributed by atoms with van der Waals surface area (Å²) in [5.74, 6) is -2.22. The molecule has 0 aliphatic heterocycles. The van der Waals surface area contributed by atoms with E-state index in [0.29, 0.717) is 12.8 Å². The number of halogens is 3. The molecule has 0 saturated heterocycles. The van der Waals surface area contributed by atoms with E-state index < -0.39 is 12.1 Å². The molecule has 7 heteroatoms. The lowest BCUT2D eigenvalue weighted by Gasteiger charge is -2.28. The quantitative estimate of drug-likeness (QED) is 0.762.